The zero-order valence-electron chi connectivity index (χ0n) is 26.9. The fourth-order valence-corrected chi connectivity index (χ4v) is 7.31. The van der Waals surface area contributed by atoms with Crippen molar-refractivity contribution < 1.29 is 24.0 Å². The fourth-order valence-electron chi connectivity index (χ4n) is 4.85. The number of aromatic nitrogens is 4. The van der Waals surface area contributed by atoms with Crippen molar-refractivity contribution in [1.82, 2.24) is 19.9 Å². The van der Waals surface area contributed by atoms with Crippen molar-refractivity contribution in [2.45, 2.75) is 6.54 Å². The maximum absolute atomic E-state index is 11.7. The van der Waals surface area contributed by atoms with E-state index in [-0.39, 0.29) is 11.7 Å². The molecule has 0 aliphatic heterocycles. The molecule has 0 atom stereocenters. The first-order chi connectivity index (χ1) is 25.0. The third-order valence-electron chi connectivity index (χ3n) is 7.39. The molecule has 12 nitrogen and oxygen atoms in total. The van der Waals surface area contributed by atoms with E-state index in [9.17, 15) is 19.7 Å². The Bertz CT molecular complexity index is 2460. The van der Waals surface area contributed by atoms with Crippen molar-refractivity contribution in [3.8, 4) is 22.8 Å². The van der Waals surface area contributed by atoms with Gasteiger partial charge in [-0.25, -0.2) is 29.5 Å². The highest BCUT2D eigenvalue weighted by Gasteiger charge is 2.15. The van der Waals surface area contributed by atoms with Gasteiger partial charge in [-0.3, -0.25) is 10.1 Å². The van der Waals surface area contributed by atoms with E-state index >= 15 is 0 Å². The van der Waals surface area contributed by atoms with Crippen molar-refractivity contribution in [3.63, 3.8) is 0 Å². The van der Waals surface area contributed by atoms with Crippen LogP contribution in [0.2, 0.25) is 13.8 Å². The zero-order chi connectivity index (χ0) is 36.9. The molecule has 0 amide bonds. The van der Waals surface area contributed by atoms with E-state index in [1.54, 1.807) is 72.8 Å². The molecule has 52 heavy (non-hydrogen) atoms. The summed E-state index contributed by atoms with van der Waals surface area (Å²) in [6, 6.07) is 23.5. The summed E-state index contributed by atoms with van der Waals surface area (Å²) in [5.41, 5.74) is 3.14. The number of anilines is 1. The van der Waals surface area contributed by atoms with Crippen LogP contribution in [0.4, 0.5) is 11.5 Å². The van der Waals surface area contributed by atoms with Crippen LogP contribution in [-0.2, 0) is 16.0 Å². The number of rotatable bonds is 8. The summed E-state index contributed by atoms with van der Waals surface area (Å²) in [6.45, 7) is 0.335. The molecule has 4 aromatic heterocycles. The molecule has 262 valence electrons. The first-order valence-corrected chi connectivity index (χ1v) is 17.7. The molecule has 0 bridgehead atoms. The quantitative estimate of drug-likeness (QED) is 0.0675. The minimum absolute atomic E-state index is 0.0251. The average molecular weight is 794 g/mol. The monoisotopic (exact) mass is 792 g/mol. The van der Waals surface area contributed by atoms with Crippen LogP contribution in [0.25, 0.3) is 43.2 Å². The minimum atomic E-state index is -0.429. The van der Waals surface area contributed by atoms with E-state index in [1.807, 2.05) is 0 Å². The summed E-state index contributed by atoms with van der Waals surface area (Å²) >= 11 is 21.0. The maximum atomic E-state index is 11.7. The second kappa shape index (κ2) is 16.0. The highest BCUT2D eigenvalue weighted by Crippen LogP contribution is 2.35. The van der Waals surface area contributed by atoms with E-state index in [0.29, 0.717) is 53.8 Å². The number of esters is 2. The Hall–Kier alpha value is -5.25. The number of hydrogen-bond acceptors (Lipinski definition) is 13. The summed E-state index contributed by atoms with van der Waals surface area (Å²) in [5.74, 6) is 0.700. The number of nitro benzene ring substituents is 1. The molecule has 3 aromatic carbocycles. The average Bonchev–Trinajstić information content (AvgIpc) is 3.74. The number of hydrogen-bond donors (Lipinski definition) is 1. The molecule has 0 aliphatic carbocycles. The molecule has 0 aliphatic rings. The van der Waals surface area contributed by atoms with E-state index in [4.69, 9.17) is 39.5 Å². The number of carbonyl (C=O) groups is 2. The Labute approximate surface area is 318 Å². The SMILES string of the molecule is COC(=O)c1ccc(-c2nc(Cl)c3cc(Cl)sc3n2)cc1.COC(=O)c1ccc(-c2nc(NCc3cccc([N+](=O)[O-])c3)c3cc(Cl)sc3n2)cc1. The number of non-ortho nitro benzene ring substituents is 1. The van der Waals surface area contributed by atoms with Crippen LogP contribution in [0.15, 0.2) is 84.9 Å². The van der Waals surface area contributed by atoms with Gasteiger partial charge in [0.2, 0.25) is 0 Å². The van der Waals surface area contributed by atoms with E-state index in [2.05, 4.69) is 30.0 Å². The van der Waals surface area contributed by atoms with Gasteiger partial charge < -0.3 is 14.8 Å². The largest absolute Gasteiger partial charge is 0.465 e. The highest BCUT2D eigenvalue weighted by molar-refractivity contribution is 7.22. The lowest BCUT2D eigenvalue weighted by atomic mass is 10.1. The molecule has 4 heterocycles. The van der Waals surface area contributed by atoms with Crippen molar-refractivity contribution in [3.05, 3.63) is 126 Å². The number of methoxy groups -OCH3 is 2. The fraction of sp³-hybridized carbons (Fsp3) is 0.0857. The molecule has 0 unspecified atom stereocenters. The lowest BCUT2D eigenvalue weighted by Gasteiger charge is -2.09. The van der Waals surface area contributed by atoms with Gasteiger partial charge in [0.15, 0.2) is 11.6 Å². The minimum Gasteiger partial charge on any atom is -0.465 e. The third-order valence-corrected chi connectivity index (χ3v) is 9.99. The molecule has 7 rings (SSSR count). The van der Waals surface area contributed by atoms with Gasteiger partial charge in [0.05, 0.1) is 49.7 Å². The first-order valence-electron chi connectivity index (χ1n) is 15.0. The van der Waals surface area contributed by atoms with Crippen molar-refractivity contribution >= 4 is 101 Å². The number of carbonyl (C=O) groups excluding carboxylic acids is 2. The van der Waals surface area contributed by atoms with Crippen molar-refractivity contribution in [1.29, 1.82) is 0 Å². The molecular formula is C35H23Cl3N6O6S2. The van der Waals surface area contributed by atoms with Crippen LogP contribution in [0.5, 0.6) is 0 Å². The van der Waals surface area contributed by atoms with Gasteiger partial charge in [-0.15, -0.1) is 22.7 Å². The standard InChI is InChI=1S/C21H15ClN4O4S.C14H8Cl2N2O2S/c1-30-21(27)14-7-5-13(6-8-14)18-24-19(16-10-17(22)31-20(16)25-18)23-11-12-3-2-4-15(9-12)26(28)29;1-20-14(19)8-4-2-7(3-5-8)12-17-11(16)9-6-10(15)21-13(9)18-12/h2-10H,11H2,1H3,(H,23,24,25);2-6H,1H3. The van der Waals surface area contributed by atoms with Gasteiger partial charge in [0.1, 0.15) is 20.6 Å². The number of nitrogens with one attached hydrogen (secondary N) is 1. The molecule has 0 spiro atoms. The lowest BCUT2D eigenvalue weighted by Crippen LogP contribution is -2.04. The van der Waals surface area contributed by atoms with Crippen LogP contribution >= 0.6 is 57.5 Å². The van der Waals surface area contributed by atoms with Crippen molar-refractivity contribution in [2.75, 3.05) is 19.5 Å². The predicted molar refractivity (Wildman–Crippen MR) is 204 cm³/mol. The third kappa shape index (κ3) is 8.27. The van der Waals surface area contributed by atoms with E-state index in [0.717, 1.165) is 32.3 Å². The number of nitro groups is 1. The Morgan fingerprint density at radius 2 is 1.25 bits per heavy atom. The van der Waals surface area contributed by atoms with Crippen LogP contribution in [0.1, 0.15) is 26.3 Å². The summed E-state index contributed by atoms with van der Waals surface area (Å²) in [6.07, 6.45) is 0. The number of fused-ring (bicyclic) bond motifs is 2. The van der Waals surface area contributed by atoms with Crippen molar-refractivity contribution in [2.24, 2.45) is 0 Å². The van der Waals surface area contributed by atoms with Gasteiger partial charge >= 0.3 is 11.9 Å². The highest BCUT2D eigenvalue weighted by atomic mass is 35.5. The van der Waals surface area contributed by atoms with Gasteiger partial charge in [-0.05, 0) is 42.0 Å². The van der Waals surface area contributed by atoms with Crippen LogP contribution in [0.3, 0.4) is 0 Å². The summed E-state index contributed by atoms with van der Waals surface area (Å²) in [4.78, 5) is 53.0. The van der Waals surface area contributed by atoms with Crippen LogP contribution < -0.4 is 5.32 Å². The normalized spacial score (nSPS) is 10.8. The number of ether oxygens (including phenoxy) is 2. The number of thiophene rings is 2. The number of nitrogens with zero attached hydrogens (tertiary/aromatic N) is 5. The van der Waals surface area contributed by atoms with E-state index < -0.39 is 10.9 Å². The number of halogens is 3. The topological polar surface area (TPSA) is 159 Å². The van der Waals surface area contributed by atoms with Crippen LogP contribution in [-0.4, -0.2) is 51.0 Å². The smallest absolute Gasteiger partial charge is 0.337 e. The van der Waals surface area contributed by atoms with Gasteiger partial charge in [-0.1, -0.05) is 71.2 Å². The predicted octanol–water partition coefficient (Wildman–Crippen LogP) is 9.77. The molecule has 0 fully saturated rings. The molecule has 0 radical (unpaired) electrons. The Balaban J connectivity index is 0.000000192. The van der Waals surface area contributed by atoms with Gasteiger partial charge in [0.25, 0.3) is 5.69 Å². The first kappa shape index (κ1) is 36.5. The molecule has 7 aromatic rings. The molecular weight excluding hydrogens is 771 g/mol. The number of benzene rings is 3. The summed E-state index contributed by atoms with van der Waals surface area (Å²) in [5, 5.41) is 16.1. The molecule has 0 saturated heterocycles. The van der Waals surface area contributed by atoms with Crippen LogP contribution in [0, 0.1) is 10.1 Å². The van der Waals surface area contributed by atoms with Gasteiger partial charge in [-0.2, -0.15) is 0 Å². The van der Waals surface area contributed by atoms with E-state index in [1.165, 1.54) is 49.0 Å². The second-order valence-electron chi connectivity index (χ2n) is 10.7. The zero-order valence-corrected chi connectivity index (χ0v) is 30.8. The second-order valence-corrected chi connectivity index (χ2v) is 14.4. The Kier molecular flexibility index (Phi) is 11.2. The van der Waals surface area contributed by atoms with Gasteiger partial charge in [0, 0.05) is 29.8 Å². The lowest BCUT2D eigenvalue weighted by molar-refractivity contribution is -0.384. The molecule has 0 saturated carbocycles. The summed E-state index contributed by atoms with van der Waals surface area (Å²) in [7, 11) is 2.67. The summed E-state index contributed by atoms with van der Waals surface area (Å²) < 4.78 is 10.6. The Morgan fingerprint density at radius 1 is 0.731 bits per heavy atom. The Morgan fingerprint density at radius 3 is 1.79 bits per heavy atom. The molecule has 1 N–H and O–H groups in total. The molecule has 17 heteroatoms. The maximum Gasteiger partial charge on any atom is 0.337 e.